The van der Waals surface area contributed by atoms with Gasteiger partial charge in [0, 0.05) is 22.3 Å². The van der Waals surface area contributed by atoms with Crippen molar-refractivity contribution in [2.45, 2.75) is 61.5 Å². The number of anilines is 1. The highest BCUT2D eigenvalue weighted by Crippen LogP contribution is 2.35. The van der Waals surface area contributed by atoms with Crippen LogP contribution in [0.15, 0.2) is 53.4 Å². The number of nitrogens with one attached hydrogen (secondary N) is 2. The molecule has 1 unspecified atom stereocenters. The largest absolute Gasteiger partial charge is 0.351 e. The van der Waals surface area contributed by atoms with Crippen molar-refractivity contribution >= 4 is 49.1 Å². The molecular weight excluding hydrogens is 540 g/mol. The van der Waals surface area contributed by atoms with Gasteiger partial charge in [0.05, 0.1) is 10.6 Å². The lowest BCUT2D eigenvalue weighted by atomic mass is 9.94. The predicted octanol–water partition coefficient (Wildman–Crippen LogP) is 2.20. The number of hydrogen-bond acceptors (Lipinski definition) is 6. The van der Waals surface area contributed by atoms with Crippen LogP contribution in [0.5, 0.6) is 0 Å². The van der Waals surface area contributed by atoms with Gasteiger partial charge in [-0.2, -0.15) is 0 Å². The average Bonchev–Trinajstić information content (AvgIpc) is 3.22. The van der Waals surface area contributed by atoms with E-state index in [-0.39, 0.29) is 33.8 Å². The van der Waals surface area contributed by atoms with E-state index in [2.05, 4.69) is 10.0 Å². The first kappa shape index (κ1) is 27.5. The molecule has 0 bridgehead atoms. The second kappa shape index (κ2) is 11.1. The van der Waals surface area contributed by atoms with Crippen molar-refractivity contribution in [2.75, 3.05) is 10.7 Å². The smallest absolute Gasteiger partial charge is 0.248 e. The van der Waals surface area contributed by atoms with Crippen LogP contribution < -0.4 is 20.1 Å². The Morgan fingerprint density at radius 2 is 1.76 bits per heavy atom. The Kier molecular flexibility index (Phi) is 8.24. The zero-order chi connectivity index (χ0) is 26.8. The second-order valence-electron chi connectivity index (χ2n) is 9.30. The Bertz CT molecular complexity index is 1390. The Hall–Kier alpha value is -2.51. The Morgan fingerprint density at radius 1 is 1.05 bits per heavy atom. The molecular formula is C24H29ClN4O6S2. The number of nitrogens with two attached hydrogens (primary N) is 1. The van der Waals surface area contributed by atoms with Crippen molar-refractivity contribution in [3.63, 3.8) is 0 Å². The first-order valence-corrected chi connectivity index (χ1v) is 15.5. The molecule has 1 saturated heterocycles. The number of carbonyl (C=O) groups is 2. The highest BCUT2D eigenvalue weighted by atomic mass is 35.5. The molecule has 1 heterocycles. The third-order valence-electron chi connectivity index (χ3n) is 6.61. The minimum atomic E-state index is -4.14. The first-order chi connectivity index (χ1) is 17.5. The van der Waals surface area contributed by atoms with E-state index in [0.29, 0.717) is 5.56 Å². The van der Waals surface area contributed by atoms with Gasteiger partial charge in [-0.3, -0.25) is 14.5 Å². The normalized spacial score (nSPS) is 20.8. The van der Waals surface area contributed by atoms with Gasteiger partial charge in [-0.05, 0) is 43.5 Å². The summed E-state index contributed by atoms with van der Waals surface area (Å²) in [5.41, 5.74) is 0.374. The highest BCUT2D eigenvalue weighted by Gasteiger charge is 2.41. The van der Waals surface area contributed by atoms with E-state index in [4.69, 9.17) is 16.7 Å². The van der Waals surface area contributed by atoms with E-state index in [1.54, 1.807) is 24.3 Å². The van der Waals surface area contributed by atoms with Gasteiger partial charge >= 0.3 is 0 Å². The lowest BCUT2D eigenvalue weighted by Crippen LogP contribution is -2.52. The molecule has 10 nitrogen and oxygen atoms in total. The molecule has 1 aliphatic heterocycles. The van der Waals surface area contributed by atoms with E-state index in [0.717, 1.165) is 37.0 Å². The minimum absolute atomic E-state index is 0.00791. The number of benzene rings is 2. The number of hydrogen-bond donors (Lipinski definition) is 3. The fourth-order valence-corrected chi connectivity index (χ4v) is 6.89. The molecule has 0 spiro atoms. The molecule has 4 rings (SSSR count). The topological polar surface area (TPSA) is 156 Å². The third kappa shape index (κ3) is 6.50. The van der Waals surface area contributed by atoms with E-state index in [1.165, 1.54) is 24.3 Å². The minimum Gasteiger partial charge on any atom is -0.351 e. The lowest BCUT2D eigenvalue weighted by Gasteiger charge is -2.35. The van der Waals surface area contributed by atoms with Crippen LogP contribution in [-0.2, 0) is 29.6 Å². The molecule has 2 aromatic carbocycles. The molecule has 13 heteroatoms. The van der Waals surface area contributed by atoms with Gasteiger partial charge in [0.15, 0.2) is 0 Å². The number of carbonyl (C=O) groups excluding carboxylic acids is 2. The Balaban J connectivity index is 1.85. The van der Waals surface area contributed by atoms with E-state index in [1.807, 2.05) is 0 Å². The summed E-state index contributed by atoms with van der Waals surface area (Å²) in [6.07, 6.45) is 4.57. The van der Waals surface area contributed by atoms with Gasteiger partial charge in [-0.15, -0.1) is 0 Å². The number of rotatable bonds is 7. The average molecular weight is 569 g/mol. The zero-order valence-electron chi connectivity index (χ0n) is 20.0. The summed E-state index contributed by atoms with van der Waals surface area (Å²) in [4.78, 5) is 28.6. The van der Waals surface area contributed by atoms with Crippen LogP contribution >= 0.6 is 11.6 Å². The lowest BCUT2D eigenvalue weighted by molar-refractivity contribution is -0.127. The molecule has 1 aliphatic carbocycles. The fourth-order valence-electron chi connectivity index (χ4n) is 4.78. The van der Waals surface area contributed by atoms with Crippen LogP contribution in [-0.4, -0.2) is 46.5 Å². The standard InChI is InChI=1S/C24H29ClN4O6S2/c25-20-12-5-4-11-19(20)22(23(30)27-16-7-2-1-3-8-16)29(24(31)21-13-14-36(32,33)28-21)17-9-6-10-18(15-17)37(26,34)35/h4-6,9-12,15-16,21-22,28H,1-3,7-8,13-14H2,(H,27,30)(H2,26,34,35)/t21-,22?/m0/s1. The molecule has 0 radical (unpaired) electrons. The quantitative estimate of drug-likeness (QED) is 0.465. The fraction of sp³-hybridized carbons (Fsp3) is 0.417. The molecule has 2 fully saturated rings. The van der Waals surface area contributed by atoms with Crippen LogP contribution in [0.25, 0.3) is 0 Å². The highest BCUT2D eigenvalue weighted by molar-refractivity contribution is 7.89. The molecule has 2 aliphatic rings. The number of primary sulfonamides is 1. The molecule has 4 N–H and O–H groups in total. The summed E-state index contributed by atoms with van der Waals surface area (Å²) in [5.74, 6) is -1.47. The van der Waals surface area contributed by atoms with Gasteiger partial charge in [-0.25, -0.2) is 26.7 Å². The van der Waals surface area contributed by atoms with Gasteiger partial charge < -0.3 is 5.32 Å². The summed E-state index contributed by atoms with van der Waals surface area (Å²) >= 11 is 6.51. The van der Waals surface area contributed by atoms with Crippen LogP contribution in [0.3, 0.4) is 0 Å². The predicted molar refractivity (Wildman–Crippen MR) is 140 cm³/mol. The maximum Gasteiger partial charge on any atom is 0.248 e. The van der Waals surface area contributed by atoms with Crippen LogP contribution in [0.1, 0.15) is 50.1 Å². The monoisotopic (exact) mass is 568 g/mol. The van der Waals surface area contributed by atoms with Gasteiger partial charge in [0.2, 0.25) is 31.9 Å². The van der Waals surface area contributed by atoms with Crippen molar-refractivity contribution in [3.8, 4) is 0 Å². The molecule has 200 valence electrons. The summed E-state index contributed by atoms with van der Waals surface area (Å²) in [5, 5.41) is 8.58. The summed E-state index contributed by atoms with van der Waals surface area (Å²) in [7, 11) is -7.81. The zero-order valence-corrected chi connectivity index (χ0v) is 22.4. The Morgan fingerprint density at radius 3 is 2.38 bits per heavy atom. The van der Waals surface area contributed by atoms with Crippen molar-refractivity contribution < 1.29 is 26.4 Å². The van der Waals surface area contributed by atoms with E-state index >= 15 is 0 Å². The summed E-state index contributed by atoms with van der Waals surface area (Å²) in [6.45, 7) is 0. The van der Waals surface area contributed by atoms with Crippen LogP contribution in [0, 0.1) is 0 Å². The SMILES string of the molecule is NS(=O)(=O)c1cccc(N(C(=O)[C@@H]2CCS(=O)(=O)N2)C(C(=O)NC2CCCCC2)c2ccccc2Cl)c1. The first-order valence-electron chi connectivity index (χ1n) is 12.0. The van der Waals surface area contributed by atoms with Gasteiger partial charge in [0.25, 0.3) is 0 Å². The maximum absolute atomic E-state index is 13.9. The van der Waals surface area contributed by atoms with Gasteiger partial charge in [-0.1, -0.05) is 55.1 Å². The third-order valence-corrected chi connectivity index (χ3v) is 9.29. The van der Waals surface area contributed by atoms with E-state index < -0.39 is 43.9 Å². The Labute approximate surface area is 221 Å². The summed E-state index contributed by atoms with van der Waals surface area (Å²) < 4.78 is 50.7. The van der Waals surface area contributed by atoms with E-state index in [9.17, 15) is 26.4 Å². The maximum atomic E-state index is 13.9. The second-order valence-corrected chi connectivity index (χ2v) is 13.1. The van der Waals surface area contributed by atoms with Crippen LogP contribution in [0.4, 0.5) is 5.69 Å². The van der Waals surface area contributed by atoms with Crippen molar-refractivity contribution in [3.05, 3.63) is 59.1 Å². The number of amides is 2. The van der Waals surface area contributed by atoms with Crippen molar-refractivity contribution in [2.24, 2.45) is 5.14 Å². The summed E-state index contributed by atoms with van der Waals surface area (Å²) in [6, 6.07) is 9.33. The van der Waals surface area contributed by atoms with Crippen molar-refractivity contribution in [1.82, 2.24) is 10.0 Å². The number of nitrogens with zero attached hydrogens (tertiary/aromatic N) is 1. The molecule has 2 amide bonds. The van der Waals surface area contributed by atoms with Crippen molar-refractivity contribution in [1.29, 1.82) is 0 Å². The molecule has 37 heavy (non-hydrogen) atoms. The number of sulfonamides is 2. The molecule has 1 saturated carbocycles. The number of halogens is 1. The van der Waals surface area contributed by atoms with Gasteiger partial charge in [0.1, 0.15) is 12.1 Å². The molecule has 2 atom stereocenters. The molecule has 0 aromatic heterocycles. The molecule has 2 aromatic rings. The van der Waals surface area contributed by atoms with Crippen LogP contribution in [0.2, 0.25) is 5.02 Å².